The molecule has 0 amide bonds. The van der Waals surface area contributed by atoms with Gasteiger partial charge in [-0.3, -0.25) is 9.97 Å². The van der Waals surface area contributed by atoms with Crippen LogP contribution in [-0.4, -0.2) is 24.9 Å². The second-order valence-electron chi connectivity index (χ2n) is 3.99. The molecule has 0 spiro atoms. The molecule has 0 aliphatic heterocycles. The van der Waals surface area contributed by atoms with Gasteiger partial charge in [0.25, 0.3) is 0 Å². The summed E-state index contributed by atoms with van der Waals surface area (Å²) in [6, 6.07) is 9.42. The van der Waals surface area contributed by atoms with E-state index in [1.807, 2.05) is 37.3 Å². The number of pyridine rings is 2. The van der Waals surface area contributed by atoms with Gasteiger partial charge in [0.1, 0.15) is 11.5 Å². The molecule has 3 aromatic heterocycles. The fourth-order valence-corrected chi connectivity index (χ4v) is 1.72. The Hall–Kier alpha value is -2.69. The Morgan fingerprint density at radius 3 is 2.47 bits per heavy atom. The first-order valence-corrected chi connectivity index (χ1v) is 5.87. The molecule has 0 N–H and O–H groups in total. The number of aromatic nitrogens is 5. The predicted octanol–water partition coefficient (Wildman–Crippen LogP) is 2.30. The molecule has 0 unspecified atom stereocenters. The Morgan fingerprint density at radius 1 is 0.842 bits per heavy atom. The molecule has 0 aromatic carbocycles. The topological polar surface area (TPSA) is 64.5 Å². The van der Waals surface area contributed by atoms with Crippen LogP contribution in [0.2, 0.25) is 0 Å². The lowest BCUT2D eigenvalue weighted by atomic mass is 10.2. The fourth-order valence-electron chi connectivity index (χ4n) is 1.72. The van der Waals surface area contributed by atoms with E-state index in [2.05, 4.69) is 24.9 Å². The molecule has 5 heteroatoms. The molecule has 0 bridgehead atoms. The van der Waals surface area contributed by atoms with Crippen molar-refractivity contribution in [1.82, 2.24) is 24.9 Å². The summed E-state index contributed by atoms with van der Waals surface area (Å²) in [5.41, 5.74) is 1.60. The summed E-state index contributed by atoms with van der Waals surface area (Å²) >= 11 is 0. The maximum Gasteiger partial charge on any atom is 0.182 e. The van der Waals surface area contributed by atoms with Gasteiger partial charge < -0.3 is 0 Å². The zero-order chi connectivity index (χ0) is 13.1. The van der Waals surface area contributed by atoms with Crippen molar-refractivity contribution in [3.8, 4) is 22.9 Å². The minimum Gasteiger partial charge on any atom is -0.264 e. The Labute approximate surface area is 110 Å². The minimum absolute atomic E-state index is 0.576. The highest BCUT2D eigenvalue weighted by Gasteiger charge is 2.08. The summed E-state index contributed by atoms with van der Waals surface area (Å²) < 4.78 is 0. The second-order valence-corrected chi connectivity index (χ2v) is 3.99. The van der Waals surface area contributed by atoms with Crippen molar-refractivity contribution < 1.29 is 0 Å². The number of hydrogen-bond donors (Lipinski definition) is 0. The molecule has 0 radical (unpaired) electrons. The van der Waals surface area contributed by atoms with E-state index < -0.39 is 0 Å². The summed E-state index contributed by atoms with van der Waals surface area (Å²) in [4.78, 5) is 21.4. The highest BCUT2D eigenvalue weighted by atomic mass is 15.0. The molecule has 5 nitrogen and oxygen atoms in total. The van der Waals surface area contributed by atoms with Crippen LogP contribution < -0.4 is 0 Å². The third kappa shape index (κ3) is 2.44. The van der Waals surface area contributed by atoms with Gasteiger partial charge in [-0.15, -0.1) is 0 Å². The summed E-state index contributed by atoms with van der Waals surface area (Å²) in [5, 5.41) is 0. The van der Waals surface area contributed by atoms with E-state index in [1.54, 1.807) is 18.6 Å². The highest BCUT2D eigenvalue weighted by Crippen LogP contribution is 2.17. The Balaban J connectivity index is 2.12. The maximum absolute atomic E-state index is 4.45. The summed E-state index contributed by atoms with van der Waals surface area (Å²) in [6.45, 7) is 1.84. The normalized spacial score (nSPS) is 10.4. The number of nitrogens with zero attached hydrogens (tertiary/aromatic N) is 5. The molecule has 0 aliphatic rings. The van der Waals surface area contributed by atoms with Crippen molar-refractivity contribution in [3.63, 3.8) is 0 Å². The third-order valence-electron chi connectivity index (χ3n) is 2.56. The zero-order valence-electron chi connectivity index (χ0n) is 10.4. The molecular formula is C14H11N5. The van der Waals surface area contributed by atoms with Crippen molar-refractivity contribution >= 4 is 0 Å². The van der Waals surface area contributed by atoms with Crippen molar-refractivity contribution in [2.24, 2.45) is 0 Å². The highest BCUT2D eigenvalue weighted by molar-refractivity contribution is 5.57. The Kier molecular flexibility index (Phi) is 2.94. The average molecular weight is 249 g/mol. The van der Waals surface area contributed by atoms with E-state index in [1.165, 1.54) is 0 Å². The van der Waals surface area contributed by atoms with E-state index in [0.29, 0.717) is 17.5 Å². The van der Waals surface area contributed by atoms with E-state index >= 15 is 0 Å². The van der Waals surface area contributed by atoms with Crippen molar-refractivity contribution in [3.05, 3.63) is 54.7 Å². The lowest BCUT2D eigenvalue weighted by molar-refractivity contribution is 0.982. The summed E-state index contributed by atoms with van der Waals surface area (Å²) in [7, 11) is 0. The molecule has 19 heavy (non-hydrogen) atoms. The van der Waals surface area contributed by atoms with Gasteiger partial charge in [0, 0.05) is 24.2 Å². The lowest BCUT2D eigenvalue weighted by Gasteiger charge is -2.04. The van der Waals surface area contributed by atoms with Gasteiger partial charge in [-0.1, -0.05) is 6.07 Å². The number of rotatable bonds is 2. The van der Waals surface area contributed by atoms with Crippen LogP contribution >= 0.6 is 0 Å². The molecular weight excluding hydrogens is 238 g/mol. The quantitative estimate of drug-likeness (QED) is 0.697. The molecule has 0 saturated heterocycles. The molecule has 3 heterocycles. The van der Waals surface area contributed by atoms with Crippen molar-refractivity contribution in [1.29, 1.82) is 0 Å². The maximum atomic E-state index is 4.45. The lowest BCUT2D eigenvalue weighted by Crippen LogP contribution is -2.00. The van der Waals surface area contributed by atoms with Crippen LogP contribution in [0.5, 0.6) is 0 Å². The van der Waals surface area contributed by atoms with Crippen LogP contribution in [0.3, 0.4) is 0 Å². The van der Waals surface area contributed by atoms with Gasteiger partial charge in [0.2, 0.25) is 0 Å². The van der Waals surface area contributed by atoms with E-state index in [-0.39, 0.29) is 0 Å². The van der Waals surface area contributed by atoms with Gasteiger partial charge >= 0.3 is 0 Å². The first-order chi connectivity index (χ1) is 9.33. The van der Waals surface area contributed by atoms with Crippen molar-refractivity contribution in [2.75, 3.05) is 0 Å². The minimum atomic E-state index is 0.576. The summed E-state index contributed by atoms with van der Waals surface area (Å²) in [6.07, 6.45) is 5.17. The van der Waals surface area contributed by atoms with Gasteiger partial charge in [0.15, 0.2) is 11.6 Å². The van der Waals surface area contributed by atoms with Crippen LogP contribution in [0.15, 0.2) is 48.9 Å². The third-order valence-corrected chi connectivity index (χ3v) is 2.56. The van der Waals surface area contributed by atoms with Crippen LogP contribution in [0.1, 0.15) is 5.82 Å². The Bertz CT molecular complexity index is 625. The standard InChI is InChI=1S/C14H11N5/c1-10-17-13(11-5-4-7-15-9-11)19-14(18-10)12-6-2-3-8-16-12/h2-9H,1H3. The SMILES string of the molecule is Cc1nc(-c2cccnc2)nc(-c2ccccn2)n1. The van der Waals surface area contributed by atoms with E-state index in [9.17, 15) is 0 Å². The molecule has 0 fully saturated rings. The fraction of sp³-hybridized carbons (Fsp3) is 0.0714. The monoisotopic (exact) mass is 249 g/mol. The van der Waals surface area contributed by atoms with Crippen LogP contribution in [0.25, 0.3) is 22.9 Å². The molecule has 3 rings (SSSR count). The van der Waals surface area contributed by atoms with Gasteiger partial charge in [0.05, 0.1) is 0 Å². The largest absolute Gasteiger partial charge is 0.264 e. The predicted molar refractivity (Wildman–Crippen MR) is 71.0 cm³/mol. The van der Waals surface area contributed by atoms with Crippen LogP contribution in [0.4, 0.5) is 0 Å². The second kappa shape index (κ2) is 4.89. The van der Waals surface area contributed by atoms with Crippen molar-refractivity contribution in [2.45, 2.75) is 6.92 Å². The van der Waals surface area contributed by atoms with Gasteiger partial charge in [-0.2, -0.15) is 0 Å². The number of hydrogen-bond acceptors (Lipinski definition) is 5. The first kappa shape index (κ1) is 11.4. The van der Waals surface area contributed by atoms with Gasteiger partial charge in [-0.05, 0) is 31.2 Å². The zero-order valence-corrected chi connectivity index (χ0v) is 10.4. The Morgan fingerprint density at radius 2 is 1.74 bits per heavy atom. The first-order valence-electron chi connectivity index (χ1n) is 5.87. The number of aryl methyl sites for hydroxylation is 1. The average Bonchev–Trinajstić information content (AvgIpc) is 2.48. The molecule has 0 atom stereocenters. The smallest absolute Gasteiger partial charge is 0.182 e. The molecule has 92 valence electrons. The van der Waals surface area contributed by atoms with Crippen LogP contribution in [-0.2, 0) is 0 Å². The van der Waals surface area contributed by atoms with E-state index in [4.69, 9.17) is 0 Å². The molecule has 3 aromatic rings. The summed E-state index contributed by atoms with van der Waals surface area (Å²) in [5.74, 6) is 1.85. The molecule has 0 aliphatic carbocycles. The van der Waals surface area contributed by atoms with E-state index in [0.717, 1.165) is 11.3 Å². The van der Waals surface area contributed by atoms with Crippen LogP contribution in [0, 0.1) is 6.92 Å². The van der Waals surface area contributed by atoms with Gasteiger partial charge in [-0.25, -0.2) is 15.0 Å². The molecule has 0 saturated carbocycles.